The van der Waals surface area contributed by atoms with Crippen LogP contribution in [0.5, 0.6) is 0 Å². The molecule has 0 aliphatic carbocycles. The van der Waals surface area contributed by atoms with Crippen molar-refractivity contribution >= 4 is 17.7 Å². The first kappa shape index (κ1) is 18.5. The first-order valence-corrected chi connectivity index (χ1v) is 8.92. The average Bonchev–Trinajstić information content (AvgIpc) is 2.73. The molecule has 2 aromatic carbocycles. The highest BCUT2D eigenvalue weighted by atomic mass is 16.5. The van der Waals surface area contributed by atoms with Crippen molar-refractivity contribution in [3.05, 3.63) is 65.7 Å². The Morgan fingerprint density at radius 1 is 1.11 bits per heavy atom. The molecule has 1 N–H and O–H groups in total. The molecule has 1 saturated heterocycles. The molecule has 1 heterocycles. The summed E-state index contributed by atoms with van der Waals surface area (Å²) in [6, 6.07) is 18.2. The lowest BCUT2D eigenvalue weighted by molar-refractivity contribution is -0.151. The maximum atomic E-state index is 12.3. The summed E-state index contributed by atoms with van der Waals surface area (Å²) in [5.41, 5.74) is 2.09. The van der Waals surface area contributed by atoms with E-state index in [4.69, 9.17) is 10.00 Å². The van der Waals surface area contributed by atoms with E-state index >= 15 is 0 Å². The van der Waals surface area contributed by atoms with Crippen LogP contribution in [0.4, 0.5) is 10.5 Å². The number of anilines is 1. The molecule has 1 aliphatic rings. The molecule has 1 aliphatic heterocycles. The summed E-state index contributed by atoms with van der Waals surface area (Å²) in [4.78, 5) is 26.3. The van der Waals surface area contributed by atoms with Crippen LogP contribution in [0.15, 0.2) is 54.6 Å². The second-order valence-corrected chi connectivity index (χ2v) is 6.48. The van der Waals surface area contributed by atoms with E-state index in [2.05, 4.69) is 11.4 Å². The number of para-hydroxylation sites is 1. The van der Waals surface area contributed by atoms with Crippen LogP contribution >= 0.6 is 0 Å². The molecular weight excluding hydrogens is 342 g/mol. The number of ether oxygens (including phenoxy) is 1. The fourth-order valence-corrected chi connectivity index (χ4v) is 3.05. The number of nitrogens with one attached hydrogen (secondary N) is 1. The maximum Gasteiger partial charge on any atom is 0.321 e. The molecule has 0 bridgehead atoms. The number of hydrogen-bond donors (Lipinski definition) is 1. The zero-order valence-corrected chi connectivity index (χ0v) is 14.9. The maximum absolute atomic E-state index is 12.3. The van der Waals surface area contributed by atoms with Crippen LogP contribution in [0.3, 0.4) is 0 Å². The van der Waals surface area contributed by atoms with Crippen molar-refractivity contribution in [3.63, 3.8) is 0 Å². The third kappa shape index (κ3) is 5.08. The predicted molar refractivity (Wildman–Crippen MR) is 101 cm³/mol. The summed E-state index contributed by atoms with van der Waals surface area (Å²) in [5, 5.41) is 11.8. The molecule has 1 fully saturated rings. The van der Waals surface area contributed by atoms with Gasteiger partial charge in [-0.1, -0.05) is 30.3 Å². The van der Waals surface area contributed by atoms with Gasteiger partial charge >= 0.3 is 12.0 Å². The van der Waals surface area contributed by atoms with Crippen molar-refractivity contribution in [1.29, 1.82) is 5.26 Å². The lowest BCUT2D eigenvalue weighted by Gasteiger charge is -2.31. The highest BCUT2D eigenvalue weighted by Crippen LogP contribution is 2.20. The molecular formula is C21H21N3O3. The van der Waals surface area contributed by atoms with Crippen LogP contribution in [-0.2, 0) is 16.1 Å². The van der Waals surface area contributed by atoms with Crippen LogP contribution in [0.2, 0.25) is 0 Å². The highest BCUT2D eigenvalue weighted by molar-refractivity contribution is 5.89. The van der Waals surface area contributed by atoms with Gasteiger partial charge in [-0.15, -0.1) is 0 Å². The molecule has 0 saturated carbocycles. The number of nitriles is 1. The first-order chi connectivity index (χ1) is 13.2. The molecule has 27 heavy (non-hydrogen) atoms. The number of esters is 1. The van der Waals surface area contributed by atoms with Crippen LogP contribution in [0.25, 0.3) is 0 Å². The number of hydrogen-bond acceptors (Lipinski definition) is 4. The van der Waals surface area contributed by atoms with Gasteiger partial charge in [0.15, 0.2) is 0 Å². The normalized spacial score (nSPS) is 14.3. The summed E-state index contributed by atoms with van der Waals surface area (Å²) in [6.45, 7) is 1.19. The zero-order chi connectivity index (χ0) is 19.1. The Hall–Kier alpha value is -3.33. The Balaban J connectivity index is 1.45. The Bertz CT molecular complexity index is 837. The van der Waals surface area contributed by atoms with Crippen molar-refractivity contribution in [2.45, 2.75) is 19.4 Å². The van der Waals surface area contributed by atoms with Crippen molar-refractivity contribution in [2.24, 2.45) is 5.92 Å². The number of benzene rings is 2. The molecule has 0 atom stereocenters. The lowest BCUT2D eigenvalue weighted by Crippen LogP contribution is -2.42. The van der Waals surface area contributed by atoms with Crippen molar-refractivity contribution in [1.82, 2.24) is 4.90 Å². The van der Waals surface area contributed by atoms with E-state index < -0.39 is 0 Å². The summed E-state index contributed by atoms with van der Waals surface area (Å²) in [7, 11) is 0. The monoisotopic (exact) mass is 363 g/mol. The summed E-state index contributed by atoms with van der Waals surface area (Å²) >= 11 is 0. The topological polar surface area (TPSA) is 82.4 Å². The second kappa shape index (κ2) is 8.86. The SMILES string of the molecule is N#Cc1cccc(COC(=O)C2CCN(C(=O)Nc3ccccc3)CC2)c1. The van der Waals surface area contributed by atoms with Crippen LogP contribution in [-0.4, -0.2) is 30.0 Å². The minimum absolute atomic E-state index is 0.152. The lowest BCUT2D eigenvalue weighted by atomic mass is 9.97. The van der Waals surface area contributed by atoms with Gasteiger partial charge < -0.3 is 15.0 Å². The largest absolute Gasteiger partial charge is 0.461 e. The van der Waals surface area contributed by atoms with Crippen molar-refractivity contribution < 1.29 is 14.3 Å². The van der Waals surface area contributed by atoms with Crippen molar-refractivity contribution in [3.8, 4) is 6.07 Å². The number of amides is 2. The van der Waals surface area contributed by atoms with Crippen LogP contribution < -0.4 is 5.32 Å². The number of carbonyl (C=O) groups is 2. The number of piperidine rings is 1. The Morgan fingerprint density at radius 2 is 1.85 bits per heavy atom. The van der Waals surface area contributed by atoms with Gasteiger partial charge in [0.25, 0.3) is 0 Å². The standard InChI is InChI=1S/C21H21N3O3/c22-14-16-5-4-6-17(13-16)15-27-20(25)18-9-11-24(12-10-18)21(26)23-19-7-2-1-3-8-19/h1-8,13,18H,9-12,15H2,(H,23,26). The number of rotatable bonds is 4. The minimum atomic E-state index is -0.250. The molecule has 0 spiro atoms. The Morgan fingerprint density at radius 3 is 2.56 bits per heavy atom. The van der Waals surface area contributed by atoms with Gasteiger partial charge in [-0.25, -0.2) is 4.79 Å². The quantitative estimate of drug-likeness (QED) is 0.842. The molecule has 0 unspecified atom stereocenters. The third-order valence-corrected chi connectivity index (χ3v) is 4.58. The Labute approximate surface area is 158 Å². The van der Waals surface area contributed by atoms with E-state index in [1.807, 2.05) is 36.4 Å². The minimum Gasteiger partial charge on any atom is -0.461 e. The first-order valence-electron chi connectivity index (χ1n) is 8.92. The third-order valence-electron chi connectivity index (χ3n) is 4.58. The van der Waals surface area contributed by atoms with E-state index in [-0.39, 0.29) is 24.5 Å². The number of nitrogens with zero attached hydrogens (tertiary/aromatic N) is 2. The van der Waals surface area contributed by atoms with Crippen LogP contribution in [0, 0.1) is 17.2 Å². The van der Waals surface area contributed by atoms with Crippen molar-refractivity contribution in [2.75, 3.05) is 18.4 Å². The fourth-order valence-electron chi connectivity index (χ4n) is 3.05. The van der Waals surface area contributed by atoms with Gasteiger partial charge in [0, 0.05) is 18.8 Å². The van der Waals surface area contributed by atoms with E-state index in [0.717, 1.165) is 11.3 Å². The molecule has 138 valence electrons. The second-order valence-electron chi connectivity index (χ2n) is 6.48. The number of urea groups is 1. The van der Waals surface area contributed by atoms with Gasteiger partial charge in [-0.05, 0) is 42.7 Å². The van der Waals surface area contributed by atoms with Gasteiger partial charge in [-0.3, -0.25) is 4.79 Å². The highest BCUT2D eigenvalue weighted by Gasteiger charge is 2.28. The van der Waals surface area contributed by atoms with Gasteiger partial charge in [0.05, 0.1) is 17.6 Å². The number of likely N-dealkylation sites (tertiary alicyclic amines) is 1. The molecule has 2 amide bonds. The molecule has 6 heteroatoms. The van der Waals surface area contributed by atoms with E-state index in [1.165, 1.54) is 0 Å². The predicted octanol–water partition coefficient (Wildman–Crippen LogP) is 3.55. The molecule has 0 aromatic heterocycles. The summed E-state index contributed by atoms with van der Waals surface area (Å²) < 4.78 is 5.39. The van der Waals surface area contributed by atoms with Gasteiger partial charge in [0.1, 0.15) is 6.61 Å². The molecule has 2 aromatic rings. The Kier molecular flexibility index (Phi) is 6.06. The number of carbonyl (C=O) groups excluding carboxylic acids is 2. The van der Waals surface area contributed by atoms with E-state index in [9.17, 15) is 9.59 Å². The van der Waals surface area contributed by atoms with Gasteiger partial charge in [0.2, 0.25) is 0 Å². The van der Waals surface area contributed by atoms with E-state index in [1.54, 1.807) is 23.1 Å². The van der Waals surface area contributed by atoms with Gasteiger partial charge in [-0.2, -0.15) is 5.26 Å². The fraction of sp³-hybridized carbons (Fsp3) is 0.286. The molecule has 0 radical (unpaired) electrons. The average molecular weight is 363 g/mol. The van der Waals surface area contributed by atoms with Crippen LogP contribution in [0.1, 0.15) is 24.0 Å². The van der Waals surface area contributed by atoms with E-state index in [0.29, 0.717) is 31.5 Å². The molecule has 6 nitrogen and oxygen atoms in total. The summed E-state index contributed by atoms with van der Waals surface area (Å²) in [6.07, 6.45) is 1.17. The summed E-state index contributed by atoms with van der Waals surface area (Å²) in [5.74, 6) is -0.453. The molecule has 3 rings (SSSR count). The smallest absolute Gasteiger partial charge is 0.321 e. The zero-order valence-electron chi connectivity index (χ0n) is 14.9.